The molecule has 0 aliphatic heterocycles. The minimum absolute atomic E-state index is 0.211. The van der Waals surface area contributed by atoms with Gasteiger partial charge in [-0.15, -0.1) is 0 Å². The van der Waals surface area contributed by atoms with E-state index in [9.17, 15) is 5.11 Å². The van der Waals surface area contributed by atoms with Crippen molar-refractivity contribution >= 4 is 0 Å². The predicted molar refractivity (Wildman–Crippen MR) is 65.1 cm³/mol. The van der Waals surface area contributed by atoms with E-state index in [0.717, 1.165) is 11.6 Å². The van der Waals surface area contributed by atoms with Gasteiger partial charge in [0.1, 0.15) is 0 Å². The van der Waals surface area contributed by atoms with Crippen LogP contribution in [0, 0.1) is 11.8 Å². The summed E-state index contributed by atoms with van der Waals surface area (Å²) < 4.78 is 0. The molecule has 16 heavy (non-hydrogen) atoms. The maximum Gasteiger partial charge on any atom is 0.0623 e. The summed E-state index contributed by atoms with van der Waals surface area (Å²) in [5.74, 6) is 1.25. The number of rotatable bonds is 3. The van der Waals surface area contributed by atoms with Crippen LogP contribution in [-0.4, -0.2) is 16.2 Å². The van der Waals surface area contributed by atoms with E-state index in [1.54, 1.807) is 6.20 Å². The molecule has 1 saturated carbocycles. The summed E-state index contributed by atoms with van der Waals surface area (Å²) in [6.07, 6.45) is 7.24. The maximum atomic E-state index is 10.2. The molecule has 1 aromatic rings. The fourth-order valence-electron chi connectivity index (χ4n) is 2.73. The summed E-state index contributed by atoms with van der Waals surface area (Å²) in [4.78, 5) is 4.27. The highest BCUT2D eigenvalue weighted by molar-refractivity contribution is 5.05. The van der Waals surface area contributed by atoms with Gasteiger partial charge in [-0.25, -0.2) is 0 Å². The number of nitrogens with zero attached hydrogens (tertiary/aromatic N) is 1. The average Bonchev–Trinajstić information content (AvgIpc) is 2.30. The molecule has 1 N–H and O–H groups in total. The minimum atomic E-state index is -0.211. The van der Waals surface area contributed by atoms with E-state index in [2.05, 4.69) is 11.9 Å². The first-order valence-corrected chi connectivity index (χ1v) is 6.33. The van der Waals surface area contributed by atoms with Crippen molar-refractivity contribution in [3.63, 3.8) is 0 Å². The largest absolute Gasteiger partial charge is 0.392 e. The third-order valence-corrected chi connectivity index (χ3v) is 3.67. The number of aliphatic hydroxyl groups is 1. The lowest BCUT2D eigenvalue weighted by Crippen LogP contribution is -2.27. The normalized spacial score (nSPS) is 27.6. The number of hydrogen-bond donors (Lipinski definition) is 1. The molecule has 0 bridgehead atoms. The number of aromatic nitrogens is 1. The summed E-state index contributed by atoms with van der Waals surface area (Å²) in [5, 5.41) is 10.2. The van der Waals surface area contributed by atoms with Crippen molar-refractivity contribution in [2.24, 2.45) is 11.8 Å². The van der Waals surface area contributed by atoms with Crippen LogP contribution < -0.4 is 0 Å². The fraction of sp³-hybridized carbons (Fsp3) is 0.643. The highest BCUT2D eigenvalue weighted by Crippen LogP contribution is 2.31. The summed E-state index contributed by atoms with van der Waals surface area (Å²) in [6.45, 7) is 2.29. The molecule has 0 spiro atoms. The first kappa shape index (κ1) is 11.6. The van der Waals surface area contributed by atoms with Crippen LogP contribution in [0.4, 0.5) is 0 Å². The Morgan fingerprint density at radius 1 is 1.44 bits per heavy atom. The molecule has 1 aliphatic carbocycles. The molecule has 1 aliphatic rings. The molecule has 1 heterocycles. The van der Waals surface area contributed by atoms with Crippen LogP contribution in [0.2, 0.25) is 0 Å². The summed E-state index contributed by atoms with van der Waals surface area (Å²) in [7, 11) is 0. The molecule has 3 unspecified atom stereocenters. The van der Waals surface area contributed by atoms with Gasteiger partial charge in [0.2, 0.25) is 0 Å². The first-order valence-electron chi connectivity index (χ1n) is 6.33. The van der Waals surface area contributed by atoms with Crippen molar-refractivity contribution in [2.75, 3.05) is 0 Å². The third kappa shape index (κ3) is 3.05. The van der Waals surface area contributed by atoms with Crippen LogP contribution in [0.3, 0.4) is 0 Å². The number of hydrogen-bond acceptors (Lipinski definition) is 2. The molecular weight excluding hydrogens is 198 g/mol. The highest BCUT2D eigenvalue weighted by Gasteiger charge is 2.25. The van der Waals surface area contributed by atoms with Gasteiger partial charge in [0.25, 0.3) is 0 Å². The van der Waals surface area contributed by atoms with E-state index in [1.807, 2.05) is 18.2 Å². The Kier molecular flexibility index (Phi) is 3.94. The van der Waals surface area contributed by atoms with Gasteiger partial charge in [-0.2, -0.15) is 0 Å². The van der Waals surface area contributed by atoms with Crippen molar-refractivity contribution in [2.45, 2.75) is 45.1 Å². The number of aliphatic hydroxyl groups excluding tert-OH is 1. The summed E-state index contributed by atoms with van der Waals surface area (Å²) in [6, 6.07) is 5.90. The van der Waals surface area contributed by atoms with Gasteiger partial charge in [-0.1, -0.05) is 25.8 Å². The van der Waals surface area contributed by atoms with Crippen molar-refractivity contribution in [1.82, 2.24) is 4.98 Å². The first-order chi connectivity index (χ1) is 7.75. The molecular formula is C14H21NO. The van der Waals surface area contributed by atoms with Crippen molar-refractivity contribution < 1.29 is 5.11 Å². The minimum Gasteiger partial charge on any atom is -0.392 e. The van der Waals surface area contributed by atoms with Gasteiger partial charge in [0.15, 0.2) is 0 Å². The van der Waals surface area contributed by atoms with Crippen LogP contribution in [0.5, 0.6) is 0 Å². The Morgan fingerprint density at radius 2 is 2.31 bits per heavy atom. The standard InChI is InChI=1S/C14H21NO/c1-11-5-4-6-12(9-11)14(16)10-13-7-2-3-8-15-13/h2-3,7-8,11-12,14,16H,4-6,9-10H2,1H3. The Balaban J connectivity index is 1.90. The zero-order valence-corrected chi connectivity index (χ0v) is 9.97. The zero-order valence-electron chi connectivity index (χ0n) is 9.97. The van der Waals surface area contributed by atoms with Gasteiger partial charge in [-0.3, -0.25) is 4.98 Å². The molecule has 2 heteroatoms. The van der Waals surface area contributed by atoms with Crippen LogP contribution in [-0.2, 0) is 6.42 Å². The highest BCUT2D eigenvalue weighted by atomic mass is 16.3. The molecule has 2 rings (SSSR count). The van der Waals surface area contributed by atoms with Crippen LogP contribution >= 0.6 is 0 Å². The smallest absolute Gasteiger partial charge is 0.0623 e. The monoisotopic (exact) mass is 219 g/mol. The van der Waals surface area contributed by atoms with Crippen molar-refractivity contribution in [3.8, 4) is 0 Å². The fourth-order valence-corrected chi connectivity index (χ4v) is 2.73. The van der Waals surface area contributed by atoms with Gasteiger partial charge in [0.05, 0.1) is 6.10 Å². The van der Waals surface area contributed by atoms with Gasteiger partial charge in [-0.05, 0) is 36.8 Å². The Morgan fingerprint density at radius 3 is 3.00 bits per heavy atom. The SMILES string of the molecule is CC1CCCC(C(O)Cc2ccccn2)C1. The van der Waals surface area contributed by atoms with Crippen LogP contribution in [0.1, 0.15) is 38.3 Å². The molecule has 0 aromatic carbocycles. The predicted octanol–water partition coefficient (Wildman–Crippen LogP) is 2.81. The molecule has 2 nitrogen and oxygen atoms in total. The second kappa shape index (κ2) is 5.44. The lowest BCUT2D eigenvalue weighted by Gasteiger charge is -2.30. The summed E-state index contributed by atoms with van der Waals surface area (Å²) in [5.41, 5.74) is 1.01. The van der Waals surface area contributed by atoms with Crippen LogP contribution in [0.15, 0.2) is 24.4 Å². The van der Waals surface area contributed by atoms with Crippen LogP contribution in [0.25, 0.3) is 0 Å². The average molecular weight is 219 g/mol. The van der Waals surface area contributed by atoms with E-state index >= 15 is 0 Å². The third-order valence-electron chi connectivity index (χ3n) is 3.67. The van der Waals surface area contributed by atoms with Gasteiger partial charge < -0.3 is 5.11 Å². The van der Waals surface area contributed by atoms with Crippen molar-refractivity contribution in [3.05, 3.63) is 30.1 Å². The molecule has 0 amide bonds. The van der Waals surface area contributed by atoms with E-state index < -0.39 is 0 Å². The van der Waals surface area contributed by atoms with E-state index in [4.69, 9.17) is 0 Å². The second-order valence-electron chi connectivity index (χ2n) is 5.12. The lowest BCUT2D eigenvalue weighted by molar-refractivity contribution is 0.0713. The number of pyridine rings is 1. The maximum absolute atomic E-state index is 10.2. The summed E-state index contributed by atoms with van der Waals surface area (Å²) >= 11 is 0. The topological polar surface area (TPSA) is 33.1 Å². The molecule has 3 atom stereocenters. The Hall–Kier alpha value is -0.890. The van der Waals surface area contributed by atoms with E-state index in [1.165, 1.54) is 25.7 Å². The molecule has 0 saturated heterocycles. The van der Waals surface area contributed by atoms with E-state index in [0.29, 0.717) is 12.3 Å². The zero-order chi connectivity index (χ0) is 11.4. The molecule has 1 fully saturated rings. The molecule has 88 valence electrons. The van der Waals surface area contributed by atoms with Crippen molar-refractivity contribution in [1.29, 1.82) is 0 Å². The molecule has 0 radical (unpaired) electrons. The van der Waals surface area contributed by atoms with Gasteiger partial charge in [0, 0.05) is 18.3 Å². The quantitative estimate of drug-likeness (QED) is 0.848. The van der Waals surface area contributed by atoms with E-state index in [-0.39, 0.29) is 6.10 Å². The Labute approximate surface area is 97.7 Å². The van der Waals surface area contributed by atoms with Gasteiger partial charge >= 0.3 is 0 Å². The second-order valence-corrected chi connectivity index (χ2v) is 5.12. The lowest BCUT2D eigenvalue weighted by atomic mass is 9.78. The molecule has 1 aromatic heterocycles. The Bertz CT molecular complexity index is 312.